The molecule has 0 aliphatic heterocycles. The Labute approximate surface area is 163 Å². The number of alkyl halides is 3. The van der Waals surface area contributed by atoms with Gasteiger partial charge in [-0.25, -0.2) is 4.68 Å². The predicted octanol–water partition coefficient (Wildman–Crippen LogP) is 5.00. The first-order chi connectivity index (χ1) is 13.8. The Balaban J connectivity index is 1.74. The van der Waals surface area contributed by atoms with E-state index in [1.54, 1.807) is 61.7 Å². The largest absolute Gasteiger partial charge is 0.434 e. The molecule has 0 bridgehead atoms. The molecule has 4 aromatic rings. The fourth-order valence-electron chi connectivity index (χ4n) is 3.12. The van der Waals surface area contributed by atoms with Gasteiger partial charge in [-0.1, -0.05) is 24.3 Å². The number of anilines is 1. The molecule has 5 nitrogen and oxygen atoms in total. The minimum atomic E-state index is -4.77. The first-order valence-electron chi connectivity index (χ1n) is 8.72. The van der Waals surface area contributed by atoms with Gasteiger partial charge < -0.3 is 5.32 Å². The number of para-hydroxylation sites is 1. The zero-order chi connectivity index (χ0) is 20.6. The number of halogens is 3. The monoisotopic (exact) mass is 396 g/mol. The Morgan fingerprint density at radius 1 is 1.07 bits per heavy atom. The van der Waals surface area contributed by atoms with Crippen LogP contribution in [0, 0.1) is 6.92 Å². The van der Waals surface area contributed by atoms with E-state index in [1.807, 2.05) is 0 Å². The Kier molecular flexibility index (Phi) is 4.54. The fourth-order valence-corrected chi connectivity index (χ4v) is 3.12. The SMILES string of the molecule is Cc1ccccc1-n1ncc(C(=O)Nc2ccc3ncccc3c2)c1C(F)(F)F. The number of carbonyl (C=O) groups is 1. The van der Waals surface area contributed by atoms with Crippen LogP contribution in [0.3, 0.4) is 0 Å². The highest BCUT2D eigenvalue weighted by atomic mass is 19.4. The van der Waals surface area contributed by atoms with Crippen molar-refractivity contribution in [3.63, 3.8) is 0 Å². The third-order valence-electron chi connectivity index (χ3n) is 4.49. The van der Waals surface area contributed by atoms with E-state index >= 15 is 0 Å². The van der Waals surface area contributed by atoms with Gasteiger partial charge in [0.1, 0.15) is 0 Å². The molecule has 0 radical (unpaired) electrons. The first kappa shape index (κ1) is 18.7. The van der Waals surface area contributed by atoms with E-state index in [1.165, 1.54) is 6.07 Å². The fraction of sp³-hybridized carbons (Fsp3) is 0.0952. The number of nitrogens with zero attached hydrogens (tertiary/aromatic N) is 3. The maximum absolute atomic E-state index is 13.8. The van der Waals surface area contributed by atoms with Crippen molar-refractivity contribution in [3.05, 3.63) is 83.8 Å². The third-order valence-corrected chi connectivity index (χ3v) is 4.49. The van der Waals surface area contributed by atoms with Crippen molar-refractivity contribution in [2.75, 3.05) is 5.32 Å². The summed E-state index contributed by atoms with van der Waals surface area (Å²) in [6.07, 6.45) is -2.19. The lowest BCUT2D eigenvalue weighted by Gasteiger charge is -2.14. The molecule has 8 heteroatoms. The van der Waals surface area contributed by atoms with Crippen LogP contribution in [0.5, 0.6) is 0 Å². The van der Waals surface area contributed by atoms with Crippen molar-refractivity contribution >= 4 is 22.5 Å². The number of rotatable bonds is 3. The van der Waals surface area contributed by atoms with Gasteiger partial charge in [0.25, 0.3) is 5.91 Å². The molecule has 2 aromatic carbocycles. The number of hydrogen-bond donors (Lipinski definition) is 1. The van der Waals surface area contributed by atoms with E-state index in [4.69, 9.17) is 0 Å². The summed E-state index contributed by atoms with van der Waals surface area (Å²) in [5.74, 6) is -0.889. The summed E-state index contributed by atoms with van der Waals surface area (Å²) in [4.78, 5) is 16.8. The molecule has 4 rings (SSSR count). The number of aromatic nitrogens is 3. The second-order valence-corrected chi connectivity index (χ2v) is 6.47. The van der Waals surface area contributed by atoms with Crippen LogP contribution in [-0.2, 0) is 6.18 Å². The highest BCUT2D eigenvalue weighted by Gasteiger charge is 2.40. The van der Waals surface area contributed by atoms with Crippen LogP contribution < -0.4 is 5.32 Å². The number of pyridine rings is 1. The van der Waals surface area contributed by atoms with E-state index < -0.39 is 23.3 Å². The molecule has 0 unspecified atom stereocenters. The number of fused-ring (bicyclic) bond motifs is 1. The Morgan fingerprint density at radius 2 is 1.86 bits per heavy atom. The van der Waals surface area contributed by atoms with Crippen molar-refractivity contribution in [3.8, 4) is 5.69 Å². The average Bonchev–Trinajstić information content (AvgIpc) is 3.14. The number of amides is 1. The summed E-state index contributed by atoms with van der Waals surface area (Å²) in [7, 11) is 0. The van der Waals surface area contributed by atoms with Crippen LogP contribution in [0.15, 0.2) is 67.0 Å². The molecule has 0 aliphatic carbocycles. The number of nitrogens with one attached hydrogen (secondary N) is 1. The molecule has 1 amide bonds. The Hall–Kier alpha value is -3.68. The molecule has 146 valence electrons. The topological polar surface area (TPSA) is 59.8 Å². The van der Waals surface area contributed by atoms with Gasteiger partial charge in [-0.05, 0) is 42.8 Å². The van der Waals surface area contributed by atoms with Gasteiger partial charge in [-0.2, -0.15) is 18.3 Å². The highest BCUT2D eigenvalue weighted by molar-refractivity contribution is 6.06. The van der Waals surface area contributed by atoms with Crippen molar-refractivity contribution in [1.82, 2.24) is 14.8 Å². The van der Waals surface area contributed by atoms with E-state index in [0.29, 0.717) is 16.8 Å². The van der Waals surface area contributed by atoms with Crippen LogP contribution in [0.1, 0.15) is 21.6 Å². The minimum Gasteiger partial charge on any atom is -0.322 e. The van der Waals surface area contributed by atoms with Crippen molar-refractivity contribution in [2.24, 2.45) is 0 Å². The average molecular weight is 396 g/mol. The first-order valence-corrected chi connectivity index (χ1v) is 8.72. The second kappa shape index (κ2) is 7.05. The number of hydrogen-bond acceptors (Lipinski definition) is 3. The molecule has 29 heavy (non-hydrogen) atoms. The smallest absolute Gasteiger partial charge is 0.322 e. The van der Waals surface area contributed by atoms with Gasteiger partial charge in [0, 0.05) is 17.3 Å². The molecule has 0 spiro atoms. The summed E-state index contributed by atoms with van der Waals surface area (Å²) in [5, 5.41) is 7.14. The molecule has 0 atom stereocenters. The summed E-state index contributed by atoms with van der Waals surface area (Å²) in [5.41, 5.74) is 0.283. The molecular formula is C21H15F3N4O. The van der Waals surface area contributed by atoms with Gasteiger partial charge >= 0.3 is 6.18 Å². The zero-order valence-electron chi connectivity index (χ0n) is 15.2. The number of aryl methyl sites for hydroxylation is 1. The van der Waals surface area contributed by atoms with Crippen LogP contribution in [0.4, 0.5) is 18.9 Å². The predicted molar refractivity (Wildman–Crippen MR) is 103 cm³/mol. The van der Waals surface area contributed by atoms with Crippen LogP contribution in [-0.4, -0.2) is 20.7 Å². The van der Waals surface area contributed by atoms with Crippen LogP contribution >= 0.6 is 0 Å². The second-order valence-electron chi connectivity index (χ2n) is 6.47. The Morgan fingerprint density at radius 3 is 2.62 bits per heavy atom. The van der Waals surface area contributed by atoms with Gasteiger partial charge in [0.2, 0.25) is 0 Å². The van der Waals surface area contributed by atoms with Gasteiger partial charge in [0.15, 0.2) is 5.69 Å². The van der Waals surface area contributed by atoms with Crippen molar-refractivity contribution in [1.29, 1.82) is 0 Å². The maximum atomic E-state index is 13.8. The lowest BCUT2D eigenvalue weighted by molar-refractivity contribution is -0.143. The summed E-state index contributed by atoms with van der Waals surface area (Å²) >= 11 is 0. The minimum absolute atomic E-state index is 0.260. The van der Waals surface area contributed by atoms with Gasteiger partial charge in [-0.3, -0.25) is 9.78 Å². The van der Waals surface area contributed by atoms with E-state index in [0.717, 1.165) is 16.3 Å². The maximum Gasteiger partial charge on any atom is 0.434 e. The standard InChI is InChI=1S/C21H15F3N4O/c1-13-5-2-3-7-18(13)28-19(21(22,23)24)16(12-26-28)20(29)27-15-8-9-17-14(11-15)6-4-10-25-17/h2-12H,1H3,(H,27,29). The Bertz CT molecular complexity index is 1210. The molecule has 2 heterocycles. The molecular weight excluding hydrogens is 381 g/mol. The van der Waals surface area contributed by atoms with Gasteiger partial charge in [0.05, 0.1) is 23.0 Å². The molecule has 2 aromatic heterocycles. The molecule has 1 N–H and O–H groups in total. The highest BCUT2D eigenvalue weighted by Crippen LogP contribution is 2.34. The number of carbonyl (C=O) groups excluding carboxylic acids is 1. The van der Waals surface area contributed by atoms with Crippen LogP contribution in [0.2, 0.25) is 0 Å². The summed E-state index contributed by atoms with van der Waals surface area (Å²) in [6, 6.07) is 15.0. The molecule has 0 saturated heterocycles. The normalized spacial score (nSPS) is 11.6. The van der Waals surface area contributed by atoms with Crippen LogP contribution in [0.25, 0.3) is 16.6 Å². The lowest BCUT2D eigenvalue weighted by Crippen LogP contribution is -2.21. The quantitative estimate of drug-likeness (QED) is 0.530. The van der Waals surface area contributed by atoms with Crippen molar-refractivity contribution < 1.29 is 18.0 Å². The third kappa shape index (κ3) is 3.56. The zero-order valence-corrected chi connectivity index (χ0v) is 15.2. The van der Waals surface area contributed by atoms with E-state index in [-0.39, 0.29) is 5.69 Å². The molecule has 0 fully saturated rings. The molecule has 0 aliphatic rings. The lowest BCUT2D eigenvalue weighted by atomic mass is 10.1. The molecule has 0 saturated carbocycles. The summed E-state index contributed by atoms with van der Waals surface area (Å²) < 4.78 is 42.2. The van der Waals surface area contributed by atoms with E-state index in [2.05, 4.69) is 15.4 Å². The number of benzene rings is 2. The van der Waals surface area contributed by atoms with E-state index in [9.17, 15) is 18.0 Å². The van der Waals surface area contributed by atoms with Crippen molar-refractivity contribution in [2.45, 2.75) is 13.1 Å². The summed E-state index contributed by atoms with van der Waals surface area (Å²) in [6.45, 7) is 1.68. The van der Waals surface area contributed by atoms with Gasteiger partial charge in [-0.15, -0.1) is 0 Å².